The number of carboxylic acid groups (broad SMARTS) is 1. The third-order valence-electron chi connectivity index (χ3n) is 2.73. The first-order valence-electron chi connectivity index (χ1n) is 5.78. The second-order valence-corrected chi connectivity index (χ2v) is 4.26. The van der Waals surface area contributed by atoms with Crippen LogP contribution >= 0.6 is 0 Å². The number of hydrogen-bond donors (Lipinski definition) is 1. The van der Waals surface area contributed by atoms with Crippen molar-refractivity contribution in [3.63, 3.8) is 0 Å². The Kier molecular flexibility index (Phi) is 3.58. The number of aliphatic carboxylic acids is 1. The molecule has 0 saturated carbocycles. The molecule has 9 heteroatoms. The fraction of sp³-hybridized carbons (Fsp3) is 0.250. The van der Waals surface area contributed by atoms with Gasteiger partial charge in [0.05, 0.1) is 5.69 Å². The Bertz CT molecular complexity index is 713. The van der Waals surface area contributed by atoms with Gasteiger partial charge >= 0.3 is 12.1 Å². The molecule has 0 saturated heterocycles. The first-order chi connectivity index (χ1) is 9.70. The monoisotopic (exact) mass is 300 g/mol. The Morgan fingerprint density at radius 2 is 2.05 bits per heavy atom. The molecule has 0 fully saturated rings. The highest BCUT2D eigenvalue weighted by Crippen LogP contribution is 2.28. The fourth-order valence-corrected chi connectivity index (χ4v) is 1.88. The molecule has 21 heavy (non-hydrogen) atoms. The third kappa shape index (κ3) is 2.96. The van der Waals surface area contributed by atoms with Crippen molar-refractivity contribution in [1.82, 2.24) is 19.6 Å². The molecule has 2 aromatic rings. The van der Waals surface area contributed by atoms with Gasteiger partial charge in [-0.25, -0.2) is 9.48 Å². The summed E-state index contributed by atoms with van der Waals surface area (Å²) in [6.07, 6.45) is -1.23. The van der Waals surface area contributed by atoms with Gasteiger partial charge in [0.25, 0.3) is 0 Å². The Hall–Kier alpha value is -2.58. The smallest absolute Gasteiger partial charge is 0.435 e. The van der Waals surface area contributed by atoms with Crippen LogP contribution in [-0.4, -0.2) is 30.6 Å². The predicted molar refractivity (Wildman–Crippen MR) is 66.7 cm³/mol. The number of carboxylic acids is 1. The molecule has 0 aromatic carbocycles. The van der Waals surface area contributed by atoms with Crippen LogP contribution in [-0.2, 0) is 18.0 Å². The lowest BCUT2D eigenvalue weighted by Gasteiger charge is -2.05. The molecule has 2 heterocycles. The van der Waals surface area contributed by atoms with E-state index in [4.69, 9.17) is 5.11 Å². The van der Waals surface area contributed by atoms with Crippen molar-refractivity contribution in [3.05, 3.63) is 35.3 Å². The lowest BCUT2D eigenvalue weighted by molar-refractivity contribution is -0.141. The van der Waals surface area contributed by atoms with Gasteiger partial charge in [-0.05, 0) is 19.1 Å². The summed E-state index contributed by atoms with van der Waals surface area (Å²) < 4.78 is 40.1. The standard InChI is InChI=1S/C12H11F3N4O2/c1-7-8(3-4-10(20)21)11(18(2)16-7)19-6-5-9(17-19)12(13,14)15/h3-6H,1-2H3,(H,20,21). The van der Waals surface area contributed by atoms with Crippen molar-refractivity contribution in [2.75, 3.05) is 0 Å². The van der Waals surface area contributed by atoms with Crippen molar-refractivity contribution in [2.45, 2.75) is 13.1 Å². The Balaban J connectivity index is 2.53. The minimum Gasteiger partial charge on any atom is -0.478 e. The third-order valence-corrected chi connectivity index (χ3v) is 2.73. The SMILES string of the molecule is Cc1nn(C)c(-n2ccc(C(F)(F)F)n2)c1C=CC(=O)O. The van der Waals surface area contributed by atoms with E-state index in [1.54, 1.807) is 6.92 Å². The maximum Gasteiger partial charge on any atom is 0.435 e. The fourth-order valence-electron chi connectivity index (χ4n) is 1.88. The summed E-state index contributed by atoms with van der Waals surface area (Å²) in [4.78, 5) is 10.6. The second-order valence-electron chi connectivity index (χ2n) is 4.26. The average molecular weight is 300 g/mol. The first kappa shape index (κ1) is 14.8. The molecule has 0 radical (unpaired) electrons. The largest absolute Gasteiger partial charge is 0.478 e. The summed E-state index contributed by atoms with van der Waals surface area (Å²) >= 11 is 0. The van der Waals surface area contributed by atoms with Crippen molar-refractivity contribution < 1.29 is 23.1 Å². The van der Waals surface area contributed by atoms with Gasteiger partial charge < -0.3 is 5.11 Å². The summed E-state index contributed by atoms with van der Waals surface area (Å²) in [7, 11) is 1.54. The van der Waals surface area contributed by atoms with Gasteiger partial charge in [-0.3, -0.25) is 4.68 Å². The number of nitrogens with zero attached hydrogens (tertiary/aromatic N) is 4. The van der Waals surface area contributed by atoms with Crippen LogP contribution in [0.1, 0.15) is 17.0 Å². The van der Waals surface area contributed by atoms with Crippen molar-refractivity contribution in [3.8, 4) is 5.82 Å². The van der Waals surface area contributed by atoms with Crippen LogP contribution in [0.15, 0.2) is 18.3 Å². The zero-order chi connectivity index (χ0) is 15.8. The summed E-state index contributed by atoms with van der Waals surface area (Å²) in [6.45, 7) is 1.62. The van der Waals surface area contributed by atoms with E-state index >= 15 is 0 Å². The van der Waals surface area contributed by atoms with Gasteiger partial charge in [0.15, 0.2) is 11.5 Å². The number of carbonyl (C=O) groups is 1. The average Bonchev–Trinajstić information content (AvgIpc) is 2.90. The van der Waals surface area contributed by atoms with Gasteiger partial charge in [0.2, 0.25) is 0 Å². The predicted octanol–water partition coefficient (Wildman–Crippen LogP) is 2.03. The summed E-state index contributed by atoms with van der Waals surface area (Å²) in [5.41, 5.74) is -0.166. The molecule has 0 aliphatic heterocycles. The molecule has 6 nitrogen and oxygen atoms in total. The number of alkyl halides is 3. The van der Waals surface area contributed by atoms with E-state index in [0.717, 1.165) is 23.0 Å². The lowest BCUT2D eigenvalue weighted by atomic mass is 10.2. The van der Waals surface area contributed by atoms with Gasteiger partial charge in [-0.15, -0.1) is 0 Å². The highest BCUT2D eigenvalue weighted by Gasteiger charge is 2.34. The molecule has 0 aliphatic rings. The second kappa shape index (κ2) is 5.08. The van der Waals surface area contributed by atoms with Crippen LogP contribution in [0.25, 0.3) is 11.9 Å². The molecule has 0 unspecified atom stereocenters. The first-order valence-corrected chi connectivity index (χ1v) is 5.78. The van der Waals surface area contributed by atoms with E-state index < -0.39 is 17.8 Å². The van der Waals surface area contributed by atoms with Gasteiger partial charge in [0.1, 0.15) is 0 Å². The highest BCUT2D eigenvalue weighted by atomic mass is 19.4. The molecule has 0 aliphatic carbocycles. The highest BCUT2D eigenvalue weighted by molar-refractivity contribution is 5.86. The molecule has 0 amide bonds. The molecular formula is C12H11F3N4O2. The van der Waals surface area contributed by atoms with E-state index in [9.17, 15) is 18.0 Å². The summed E-state index contributed by atoms with van der Waals surface area (Å²) in [5.74, 6) is -0.916. The molecule has 1 N–H and O–H groups in total. The van der Waals surface area contributed by atoms with Crippen LogP contribution in [0, 0.1) is 6.92 Å². The maximum absolute atomic E-state index is 12.6. The molecule has 0 spiro atoms. The number of hydrogen-bond acceptors (Lipinski definition) is 3. The van der Waals surface area contributed by atoms with Gasteiger partial charge in [0, 0.05) is 24.9 Å². The van der Waals surface area contributed by atoms with Crippen LogP contribution < -0.4 is 0 Å². The van der Waals surface area contributed by atoms with Crippen LogP contribution in [0.2, 0.25) is 0 Å². The number of rotatable bonds is 3. The van der Waals surface area contributed by atoms with E-state index in [0.29, 0.717) is 11.3 Å². The van der Waals surface area contributed by atoms with Crippen LogP contribution in [0.5, 0.6) is 0 Å². The zero-order valence-electron chi connectivity index (χ0n) is 11.1. The maximum atomic E-state index is 12.6. The van der Waals surface area contributed by atoms with Crippen molar-refractivity contribution in [1.29, 1.82) is 0 Å². The summed E-state index contributed by atoms with van der Waals surface area (Å²) in [6, 6.07) is 0.840. The lowest BCUT2D eigenvalue weighted by Crippen LogP contribution is -2.09. The normalized spacial score (nSPS) is 12.2. The van der Waals surface area contributed by atoms with Gasteiger partial charge in [-0.1, -0.05) is 0 Å². The minimum atomic E-state index is -4.55. The molecule has 2 aromatic heterocycles. The topological polar surface area (TPSA) is 72.9 Å². The minimum absolute atomic E-state index is 0.250. The zero-order valence-corrected chi connectivity index (χ0v) is 11.1. The molecule has 112 valence electrons. The van der Waals surface area contributed by atoms with E-state index in [1.807, 2.05) is 0 Å². The van der Waals surface area contributed by atoms with Crippen LogP contribution in [0.4, 0.5) is 13.2 Å². The van der Waals surface area contributed by atoms with Crippen LogP contribution in [0.3, 0.4) is 0 Å². The van der Waals surface area contributed by atoms with E-state index in [2.05, 4.69) is 10.2 Å². The van der Waals surface area contributed by atoms with Gasteiger partial charge in [-0.2, -0.15) is 23.4 Å². The Morgan fingerprint density at radius 1 is 1.38 bits per heavy atom. The van der Waals surface area contributed by atoms with E-state index in [1.165, 1.54) is 17.8 Å². The molecule has 0 atom stereocenters. The van der Waals surface area contributed by atoms with Crippen molar-refractivity contribution in [2.24, 2.45) is 7.05 Å². The number of aryl methyl sites for hydroxylation is 2. The van der Waals surface area contributed by atoms with E-state index in [-0.39, 0.29) is 5.82 Å². The molecular weight excluding hydrogens is 289 g/mol. The molecule has 0 bridgehead atoms. The van der Waals surface area contributed by atoms with Crippen molar-refractivity contribution >= 4 is 12.0 Å². The number of aromatic nitrogens is 4. The Labute approximate surface area is 117 Å². The summed E-state index contributed by atoms with van der Waals surface area (Å²) in [5, 5.41) is 16.2. The quantitative estimate of drug-likeness (QED) is 0.880. The Morgan fingerprint density at radius 3 is 2.57 bits per heavy atom. The molecule has 2 rings (SSSR count). The number of halogens is 3.